The summed E-state index contributed by atoms with van der Waals surface area (Å²) >= 11 is 0. The van der Waals surface area contributed by atoms with Gasteiger partial charge in [-0.25, -0.2) is 0 Å². The van der Waals surface area contributed by atoms with E-state index in [1.807, 2.05) is 0 Å². The van der Waals surface area contributed by atoms with Gasteiger partial charge in [-0.1, -0.05) is 19.8 Å². The molecule has 1 nitrogen and oxygen atoms in total. The molecular formula is C6H12N. The van der Waals surface area contributed by atoms with Crippen LogP contribution in [0, 0.1) is 6.92 Å². The molecule has 1 rings (SSSR count). The summed E-state index contributed by atoms with van der Waals surface area (Å²) in [4.78, 5) is 0. The predicted molar refractivity (Wildman–Crippen MR) is 31.0 cm³/mol. The molecule has 0 aromatic carbocycles. The van der Waals surface area contributed by atoms with Crippen molar-refractivity contribution in [3.05, 3.63) is 6.92 Å². The first-order valence-electron chi connectivity index (χ1n) is 2.96. The average Bonchev–Trinajstić information content (AvgIpc) is 2.42. The second kappa shape index (κ2) is 2.31. The van der Waals surface area contributed by atoms with Gasteiger partial charge in [0.2, 0.25) is 0 Å². The summed E-state index contributed by atoms with van der Waals surface area (Å²) in [7, 11) is 0. The molecule has 1 heteroatoms. The van der Waals surface area contributed by atoms with E-state index in [0.29, 0.717) is 0 Å². The summed E-state index contributed by atoms with van der Waals surface area (Å²) < 4.78 is 0. The van der Waals surface area contributed by atoms with E-state index in [4.69, 9.17) is 0 Å². The van der Waals surface area contributed by atoms with Crippen LogP contribution >= 0.6 is 0 Å². The summed E-state index contributed by atoms with van der Waals surface area (Å²) in [6.07, 6.45) is 3.72. The first-order chi connectivity index (χ1) is 3.43. The minimum Gasteiger partial charge on any atom is -0.311 e. The first-order valence-corrected chi connectivity index (χ1v) is 2.96. The molecule has 0 amide bonds. The Morgan fingerprint density at radius 1 is 1.71 bits per heavy atom. The van der Waals surface area contributed by atoms with Crippen LogP contribution in [-0.4, -0.2) is 12.6 Å². The van der Waals surface area contributed by atoms with Crippen LogP contribution in [0.3, 0.4) is 0 Å². The molecule has 0 aliphatic carbocycles. The minimum absolute atomic E-state index is 0.863. The molecule has 1 fully saturated rings. The van der Waals surface area contributed by atoms with Crippen LogP contribution in [0.5, 0.6) is 0 Å². The van der Waals surface area contributed by atoms with E-state index in [1.54, 1.807) is 0 Å². The van der Waals surface area contributed by atoms with Gasteiger partial charge in [-0.2, -0.15) is 0 Å². The standard InChI is InChI=1S/C6H12N/c1-2-3-4-6-5-7-6/h6-7H,1-5H2. The maximum atomic E-state index is 3.76. The fourth-order valence-electron chi connectivity index (χ4n) is 0.678. The summed E-state index contributed by atoms with van der Waals surface area (Å²) in [6.45, 7) is 5.01. The number of hydrogen-bond acceptors (Lipinski definition) is 1. The minimum atomic E-state index is 0.863. The topological polar surface area (TPSA) is 21.9 Å². The Bertz CT molecular complexity index is 48.1. The van der Waals surface area contributed by atoms with E-state index in [1.165, 1.54) is 19.4 Å². The van der Waals surface area contributed by atoms with E-state index < -0.39 is 0 Å². The average molecular weight is 98.2 g/mol. The Morgan fingerprint density at radius 2 is 2.43 bits per heavy atom. The maximum absolute atomic E-state index is 3.76. The number of nitrogens with one attached hydrogen (secondary N) is 1. The first kappa shape index (κ1) is 5.10. The lowest BCUT2D eigenvalue weighted by molar-refractivity contribution is 0.733. The highest BCUT2D eigenvalue weighted by Crippen LogP contribution is 2.06. The van der Waals surface area contributed by atoms with Gasteiger partial charge in [0, 0.05) is 12.6 Å². The second-order valence-corrected chi connectivity index (χ2v) is 2.10. The van der Waals surface area contributed by atoms with Gasteiger partial charge >= 0.3 is 0 Å². The third-order valence-corrected chi connectivity index (χ3v) is 1.30. The number of unbranched alkanes of at least 4 members (excludes halogenated alkanes) is 1. The second-order valence-electron chi connectivity index (χ2n) is 2.10. The molecule has 1 unspecified atom stereocenters. The normalized spacial score (nSPS) is 27.9. The monoisotopic (exact) mass is 98.1 g/mol. The molecule has 0 saturated carbocycles. The fourth-order valence-corrected chi connectivity index (χ4v) is 0.678. The Morgan fingerprint density at radius 3 is 2.86 bits per heavy atom. The molecule has 1 radical (unpaired) electrons. The van der Waals surface area contributed by atoms with Gasteiger partial charge in [-0.05, 0) is 6.42 Å². The summed E-state index contributed by atoms with van der Waals surface area (Å²) in [6, 6.07) is 0.863. The van der Waals surface area contributed by atoms with Crippen molar-refractivity contribution in [2.24, 2.45) is 0 Å². The molecule has 0 aromatic heterocycles. The van der Waals surface area contributed by atoms with Gasteiger partial charge in [-0.15, -0.1) is 0 Å². The summed E-state index contributed by atoms with van der Waals surface area (Å²) in [5.74, 6) is 0. The summed E-state index contributed by atoms with van der Waals surface area (Å²) in [5.41, 5.74) is 0. The SMILES string of the molecule is [CH2]CCCC1CN1. The predicted octanol–water partition coefficient (Wildman–Crippen LogP) is 0.963. The zero-order chi connectivity index (χ0) is 5.11. The molecular weight excluding hydrogens is 86.1 g/mol. The van der Waals surface area contributed by atoms with Crippen molar-refractivity contribution in [3.8, 4) is 0 Å². The van der Waals surface area contributed by atoms with Crippen LogP contribution in [-0.2, 0) is 0 Å². The largest absolute Gasteiger partial charge is 0.311 e. The molecule has 1 heterocycles. The van der Waals surface area contributed by atoms with Gasteiger partial charge in [-0.3, -0.25) is 0 Å². The highest BCUT2D eigenvalue weighted by atomic mass is 15.1. The third kappa shape index (κ3) is 1.93. The van der Waals surface area contributed by atoms with Crippen molar-refractivity contribution in [1.29, 1.82) is 0 Å². The van der Waals surface area contributed by atoms with Crippen LogP contribution < -0.4 is 5.32 Å². The van der Waals surface area contributed by atoms with Crippen LogP contribution in [0.2, 0.25) is 0 Å². The van der Waals surface area contributed by atoms with Crippen LogP contribution in [0.25, 0.3) is 0 Å². The highest BCUT2D eigenvalue weighted by molar-refractivity contribution is 4.82. The van der Waals surface area contributed by atoms with Crippen molar-refractivity contribution in [3.63, 3.8) is 0 Å². The van der Waals surface area contributed by atoms with Gasteiger partial charge in [0.25, 0.3) is 0 Å². The molecule has 0 spiro atoms. The van der Waals surface area contributed by atoms with Crippen molar-refractivity contribution in [2.45, 2.75) is 25.3 Å². The van der Waals surface area contributed by atoms with E-state index >= 15 is 0 Å². The zero-order valence-corrected chi connectivity index (χ0v) is 4.61. The molecule has 0 bridgehead atoms. The zero-order valence-electron chi connectivity index (χ0n) is 4.61. The molecule has 1 saturated heterocycles. The highest BCUT2D eigenvalue weighted by Gasteiger charge is 2.17. The quantitative estimate of drug-likeness (QED) is 0.522. The van der Waals surface area contributed by atoms with E-state index in [0.717, 1.165) is 12.5 Å². The van der Waals surface area contributed by atoms with Crippen LogP contribution in [0.15, 0.2) is 0 Å². The van der Waals surface area contributed by atoms with E-state index in [9.17, 15) is 0 Å². The number of hydrogen-bond donors (Lipinski definition) is 1. The lowest BCUT2D eigenvalue weighted by Gasteiger charge is -1.87. The Labute approximate surface area is 45.1 Å². The maximum Gasteiger partial charge on any atom is 0.0193 e. The van der Waals surface area contributed by atoms with E-state index in [2.05, 4.69) is 12.2 Å². The van der Waals surface area contributed by atoms with Crippen LogP contribution in [0.4, 0.5) is 0 Å². The van der Waals surface area contributed by atoms with Gasteiger partial charge in [0.15, 0.2) is 0 Å². The van der Waals surface area contributed by atoms with E-state index in [-0.39, 0.29) is 0 Å². The Balaban J connectivity index is 1.80. The van der Waals surface area contributed by atoms with Crippen LogP contribution in [0.1, 0.15) is 19.3 Å². The molecule has 1 aliphatic rings. The van der Waals surface area contributed by atoms with Gasteiger partial charge in [0.05, 0.1) is 0 Å². The van der Waals surface area contributed by atoms with Gasteiger partial charge in [0.1, 0.15) is 0 Å². The lowest BCUT2D eigenvalue weighted by Crippen LogP contribution is -1.87. The Hall–Kier alpha value is -0.0400. The van der Waals surface area contributed by atoms with Crippen molar-refractivity contribution in [1.82, 2.24) is 5.32 Å². The number of rotatable bonds is 3. The third-order valence-electron chi connectivity index (χ3n) is 1.30. The van der Waals surface area contributed by atoms with Gasteiger partial charge < -0.3 is 5.32 Å². The molecule has 1 aliphatic heterocycles. The molecule has 41 valence electrons. The molecule has 0 aromatic rings. The van der Waals surface area contributed by atoms with Crippen molar-refractivity contribution >= 4 is 0 Å². The molecule has 1 atom stereocenters. The van der Waals surface area contributed by atoms with Crippen molar-refractivity contribution in [2.75, 3.05) is 6.54 Å². The summed E-state index contributed by atoms with van der Waals surface area (Å²) in [5, 5.41) is 3.24. The molecule has 1 N–H and O–H groups in total. The fraction of sp³-hybridized carbons (Fsp3) is 0.833. The Kier molecular flexibility index (Phi) is 1.69. The lowest BCUT2D eigenvalue weighted by atomic mass is 10.2. The molecule has 7 heavy (non-hydrogen) atoms. The van der Waals surface area contributed by atoms with Crippen molar-refractivity contribution < 1.29 is 0 Å². The smallest absolute Gasteiger partial charge is 0.0193 e.